The van der Waals surface area contributed by atoms with Gasteiger partial charge in [0.1, 0.15) is 11.5 Å². The molecule has 2 aromatic carbocycles. The number of nitrogens with zero attached hydrogens (tertiary/aromatic N) is 2. The van der Waals surface area contributed by atoms with Crippen LogP contribution in [0.3, 0.4) is 0 Å². The van der Waals surface area contributed by atoms with E-state index < -0.39 is 15.9 Å². The van der Waals surface area contributed by atoms with Gasteiger partial charge in [-0.15, -0.1) is 0 Å². The predicted molar refractivity (Wildman–Crippen MR) is 111 cm³/mol. The Morgan fingerprint density at radius 1 is 1.17 bits per heavy atom. The number of benzene rings is 2. The molecule has 9 heteroatoms. The third-order valence-corrected chi connectivity index (χ3v) is 6.41. The molecular formula is C20H25N3O5S. The highest BCUT2D eigenvalue weighted by molar-refractivity contribution is 7.89. The average molecular weight is 420 g/mol. The molecule has 2 aromatic rings. The van der Waals surface area contributed by atoms with Crippen LogP contribution in [-0.2, 0) is 10.0 Å². The minimum atomic E-state index is -3.67. The largest absolute Gasteiger partial charge is 0.507 e. The number of amides is 1. The predicted octanol–water partition coefficient (Wildman–Crippen LogP) is 2.59. The second-order valence-electron chi connectivity index (χ2n) is 6.14. The number of phenols is 1. The quantitative estimate of drug-likeness (QED) is 0.505. The van der Waals surface area contributed by atoms with E-state index >= 15 is 0 Å². The molecule has 2 N–H and O–H groups in total. The number of ether oxygens (including phenoxy) is 1. The molecule has 0 heterocycles. The van der Waals surface area contributed by atoms with Crippen LogP contribution in [0.1, 0.15) is 36.7 Å². The van der Waals surface area contributed by atoms with Gasteiger partial charge in [-0.25, -0.2) is 13.8 Å². The Morgan fingerprint density at radius 3 is 2.45 bits per heavy atom. The molecule has 0 saturated carbocycles. The SMILES string of the molecule is CCN(CC)S(=O)(=O)c1cccc(C(=O)NN=C(C)c2ccc(OC)cc2O)c1. The first-order chi connectivity index (χ1) is 13.7. The lowest BCUT2D eigenvalue weighted by atomic mass is 10.1. The number of nitrogens with one attached hydrogen (secondary N) is 1. The van der Waals surface area contributed by atoms with Crippen LogP contribution in [0, 0.1) is 0 Å². The van der Waals surface area contributed by atoms with Crippen LogP contribution in [0.4, 0.5) is 0 Å². The van der Waals surface area contributed by atoms with E-state index in [9.17, 15) is 18.3 Å². The van der Waals surface area contributed by atoms with Crippen molar-refractivity contribution in [3.63, 3.8) is 0 Å². The highest BCUT2D eigenvalue weighted by Crippen LogP contribution is 2.24. The number of methoxy groups -OCH3 is 1. The second-order valence-corrected chi connectivity index (χ2v) is 8.08. The summed E-state index contributed by atoms with van der Waals surface area (Å²) < 4.78 is 31.6. The monoisotopic (exact) mass is 419 g/mol. The molecule has 0 aliphatic carbocycles. The number of carbonyl (C=O) groups excluding carboxylic acids is 1. The zero-order valence-corrected chi connectivity index (χ0v) is 17.7. The second kappa shape index (κ2) is 9.53. The molecule has 0 radical (unpaired) electrons. The smallest absolute Gasteiger partial charge is 0.271 e. The van der Waals surface area contributed by atoms with Gasteiger partial charge in [-0.1, -0.05) is 19.9 Å². The number of aromatic hydroxyl groups is 1. The molecule has 29 heavy (non-hydrogen) atoms. The first-order valence-corrected chi connectivity index (χ1v) is 10.5. The summed E-state index contributed by atoms with van der Waals surface area (Å²) in [5.74, 6) is -0.101. The van der Waals surface area contributed by atoms with Crippen molar-refractivity contribution in [2.24, 2.45) is 5.10 Å². The molecule has 0 bridgehead atoms. The van der Waals surface area contributed by atoms with Crippen molar-refractivity contribution in [2.45, 2.75) is 25.7 Å². The van der Waals surface area contributed by atoms with Crippen LogP contribution in [0.15, 0.2) is 52.5 Å². The lowest BCUT2D eigenvalue weighted by Crippen LogP contribution is -2.30. The Bertz CT molecular complexity index is 1010. The minimum absolute atomic E-state index is 0.0350. The van der Waals surface area contributed by atoms with Crippen molar-refractivity contribution < 1.29 is 23.1 Å². The summed E-state index contributed by atoms with van der Waals surface area (Å²) in [6.45, 7) is 5.81. The van der Waals surface area contributed by atoms with Crippen LogP contribution in [0.25, 0.3) is 0 Å². The first kappa shape index (κ1) is 22.4. The molecule has 8 nitrogen and oxygen atoms in total. The number of hydrazone groups is 1. The normalized spacial score (nSPS) is 12.1. The fourth-order valence-corrected chi connectivity index (χ4v) is 4.22. The van der Waals surface area contributed by atoms with Gasteiger partial charge in [0, 0.05) is 30.3 Å². The summed E-state index contributed by atoms with van der Waals surface area (Å²) in [5.41, 5.74) is 3.36. The molecular weight excluding hydrogens is 394 g/mol. The van der Waals surface area contributed by atoms with E-state index in [-0.39, 0.29) is 16.2 Å². The molecule has 0 aromatic heterocycles. The number of hydrogen-bond acceptors (Lipinski definition) is 6. The van der Waals surface area contributed by atoms with E-state index in [0.717, 1.165) is 0 Å². The van der Waals surface area contributed by atoms with Crippen LogP contribution in [0.2, 0.25) is 0 Å². The molecule has 0 atom stereocenters. The number of rotatable bonds is 8. The summed E-state index contributed by atoms with van der Waals surface area (Å²) >= 11 is 0. The van der Waals surface area contributed by atoms with Crippen molar-refractivity contribution in [3.05, 3.63) is 53.6 Å². The van der Waals surface area contributed by atoms with Gasteiger partial charge < -0.3 is 9.84 Å². The Balaban J connectivity index is 2.22. The van der Waals surface area contributed by atoms with Crippen molar-refractivity contribution in [3.8, 4) is 11.5 Å². The van der Waals surface area contributed by atoms with Gasteiger partial charge in [0.15, 0.2) is 0 Å². The number of carbonyl (C=O) groups is 1. The summed E-state index contributed by atoms with van der Waals surface area (Å²) in [4.78, 5) is 12.5. The van der Waals surface area contributed by atoms with Crippen molar-refractivity contribution >= 4 is 21.6 Å². The lowest BCUT2D eigenvalue weighted by Gasteiger charge is -2.18. The molecule has 2 rings (SSSR count). The number of sulfonamides is 1. The summed E-state index contributed by atoms with van der Waals surface area (Å²) in [6.07, 6.45) is 0. The Labute approximate surface area is 170 Å². The molecule has 0 aliphatic rings. The van der Waals surface area contributed by atoms with Crippen LogP contribution in [-0.4, -0.2) is 49.6 Å². The molecule has 0 unspecified atom stereocenters. The highest BCUT2D eigenvalue weighted by atomic mass is 32.2. The molecule has 0 aliphatic heterocycles. The van der Waals surface area contributed by atoms with E-state index in [2.05, 4.69) is 10.5 Å². The number of hydrogen-bond donors (Lipinski definition) is 2. The minimum Gasteiger partial charge on any atom is -0.507 e. The maximum absolute atomic E-state index is 12.6. The molecule has 0 spiro atoms. The summed E-state index contributed by atoms with van der Waals surface area (Å²) in [5, 5.41) is 14.1. The maximum atomic E-state index is 12.6. The third-order valence-electron chi connectivity index (χ3n) is 4.36. The zero-order chi connectivity index (χ0) is 21.6. The highest BCUT2D eigenvalue weighted by Gasteiger charge is 2.22. The number of phenolic OH excluding ortho intramolecular Hbond substituents is 1. The fraction of sp³-hybridized carbons (Fsp3) is 0.300. The molecule has 156 valence electrons. The third kappa shape index (κ3) is 5.12. The van der Waals surface area contributed by atoms with Gasteiger partial charge in [0.2, 0.25) is 10.0 Å². The Hall–Kier alpha value is -2.91. The maximum Gasteiger partial charge on any atom is 0.271 e. The van der Waals surface area contributed by atoms with Gasteiger partial charge in [0.25, 0.3) is 5.91 Å². The van der Waals surface area contributed by atoms with E-state index in [1.807, 2.05) is 0 Å². The van der Waals surface area contributed by atoms with Crippen LogP contribution < -0.4 is 10.2 Å². The van der Waals surface area contributed by atoms with Crippen LogP contribution in [0.5, 0.6) is 11.5 Å². The Morgan fingerprint density at radius 2 is 1.86 bits per heavy atom. The van der Waals surface area contributed by atoms with Crippen molar-refractivity contribution in [1.82, 2.24) is 9.73 Å². The van der Waals surface area contributed by atoms with Gasteiger partial charge in [-0.05, 0) is 37.3 Å². The molecule has 0 saturated heterocycles. The average Bonchev–Trinajstić information content (AvgIpc) is 2.72. The summed E-state index contributed by atoms with van der Waals surface area (Å²) in [7, 11) is -2.18. The van der Waals surface area contributed by atoms with E-state index in [1.54, 1.807) is 32.9 Å². The molecule has 1 amide bonds. The van der Waals surface area contributed by atoms with E-state index in [4.69, 9.17) is 4.74 Å². The van der Waals surface area contributed by atoms with Crippen molar-refractivity contribution in [1.29, 1.82) is 0 Å². The fourth-order valence-electron chi connectivity index (χ4n) is 2.71. The lowest BCUT2D eigenvalue weighted by molar-refractivity contribution is 0.0954. The van der Waals surface area contributed by atoms with E-state index in [1.165, 1.54) is 41.7 Å². The standard InChI is InChI=1S/C20H25N3O5S/c1-5-23(6-2)29(26,27)17-9-7-8-15(12-17)20(25)22-21-14(3)18-11-10-16(28-4)13-19(18)24/h7-13,24H,5-6H2,1-4H3,(H,22,25). The molecule has 0 fully saturated rings. The van der Waals surface area contributed by atoms with E-state index in [0.29, 0.717) is 30.1 Å². The van der Waals surface area contributed by atoms with Crippen LogP contribution >= 0.6 is 0 Å². The zero-order valence-electron chi connectivity index (χ0n) is 16.8. The van der Waals surface area contributed by atoms with Gasteiger partial charge in [0.05, 0.1) is 17.7 Å². The van der Waals surface area contributed by atoms with Crippen molar-refractivity contribution in [2.75, 3.05) is 20.2 Å². The van der Waals surface area contributed by atoms with Gasteiger partial charge in [-0.3, -0.25) is 4.79 Å². The first-order valence-electron chi connectivity index (χ1n) is 9.06. The van der Waals surface area contributed by atoms with Gasteiger partial charge in [-0.2, -0.15) is 9.41 Å². The van der Waals surface area contributed by atoms with Gasteiger partial charge >= 0.3 is 0 Å². The Kier molecular flexibility index (Phi) is 7.35. The topological polar surface area (TPSA) is 108 Å². The summed E-state index contributed by atoms with van der Waals surface area (Å²) in [6, 6.07) is 10.5.